The number of pyridine rings is 1. The number of halogens is 1. The molecule has 6 nitrogen and oxygen atoms in total. The number of nitrogens with zero attached hydrogens (tertiary/aromatic N) is 2. The zero-order valence-corrected chi connectivity index (χ0v) is 12.4. The maximum atomic E-state index is 12.3. The van der Waals surface area contributed by atoms with Gasteiger partial charge >= 0.3 is 0 Å². The molecule has 8 heteroatoms. The molecule has 1 aromatic carbocycles. The summed E-state index contributed by atoms with van der Waals surface area (Å²) in [6.45, 7) is 0. The summed E-state index contributed by atoms with van der Waals surface area (Å²) in [6, 6.07) is 9.06. The molecule has 0 saturated heterocycles. The summed E-state index contributed by atoms with van der Waals surface area (Å²) < 4.78 is 27.3. The van der Waals surface area contributed by atoms with E-state index in [0.717, 1.165) is 0 Å². The average molecular weight is 353 g/mol. The van der Waals surface area contributed by atoms with Gasteiger partial charge in [0.1, 0.15) is 9.50 Å². The molecule has 0 aliphatic carbocycles. The topological polar surface area (TPSA) is 109 Å². The van der Waals surface area contributed by atoms with E-state index in [-0.39, 0.29) is 10.6 Å². The third-order valence-corrected chi connectivity index (χ3v) is 4.50. The van der Waals surface area contributed by atoms with Crippen molar-refractivity contribution in [1.82, 2.24) is 4.98 Å². The monoisotopic (exact) mass is 352 g/mol. The maximum Gasteiger partial charge on any atom is 0.264 e. The first kappa shape index (κ1) is 14.3. The van der Waals surface area contributed by atoms with Gasteiger partial charge in [-0.15, -0.1) is 0 Å². The van der Waals surface area contributed by atoms with Crippen LogP contribution in [0.4, 0.5) is 11.4 Å². The van der Waals surface area contributed by atoms with Crippen LogP contribution in [-0.4, -0.2) is 13.4 Å². The van der Waals surface area contributed by atoms with E-state index in [1.54, 1.807) is 12.1 Å². The number of nitrogens with one attached hydrogen (secondary N) is 1. The Morgan fingerprint density at radius 2 is 2.10 bits per heavy atom. The van der Waals surface area contributed by atoms with Gasteiger partial charge in [0.2, 0.25) is 0 Å². The largest absolute Gasteiger partial charge is 0.398 e. The number of hydrogen-bond acceptors (Lipinski definition) is 5. The van der Waals surface area contributed by atoms with Crippen molar-refractivity contribution in [3.05, 3.63) is 46.7 Å². The van der Waals surface area contributed by atoms with Gasteiger partial charge in [-0.3, -0.25) is 4.72 Å². The van der Waals surface area contributed by atoms with Crippen molar-refractivity contribution in [3.8, 4) is 6.07 Å². The van der Waals surface area contributed by atoms with E-state index < -0.39 is 10.0 Å². The van der Waals surface area contributed by atoms with Crippen LogP contribution in [0.2, 0.25) is 0 Å². The van der Waals surface area contributed by atoms with Crippen LogP contribution in [0.1, 0.15) is 5.56 Å². The van der Waals surface area contributed by atoms with E-state index in [4.69, 9.17) is 11.0 Å². The summed E-state index contributed by atoms with van der Waals surface area (Å²) in [5.74, 6) is 0. The number of rotatable bonds is 3. The predicted molar refractivity (Wildman–Crippen MR) is 78.3 cm³/mol. The number of sulfonamides is 1. The molecule has 0 aliphatic rings. The molecule has 0 fully saturated rings. The van der Waals surface area contributed by atoms with Crippen molar-refractivity contribution in [2.45, 2.75) is 4.90 Å². The lowest BCUT2D eigenvalue weighted by Crippen LogP contribution is -2.15. The van der Waals surface area contributed by atoms with E-state index >= 15 is 0 Å². The maximum absolute atomic E-state index is 12.3. The Kier molecular flexibility index (Phi) is 3.92. The number of anilines is 2. The molecule has 1 aromatic heterocycles. The second-order valence-electron chi connectivity index (χ2n) is 3.81. The number of benzene rings is 1. The molecule has 0 unspecified atom stereocenters. The van der Waals surface area contributed by atoms with Crippen LogP contribution in [0.25, 0.3) is 0 Å². The van der Waals surface area contributed by atoms with Gasteiger partial charge < -0.3 is 5.73 Å². The van der Waals surface area contributed by atoms with Gasteiger partial charge in [-0.05, 0) is 46.3 Å². The third-order valence-electron chi connectivity index (χ3n) is 2.43. The molecule has 0 bridgehead atoms. The lowest BCUT2D eigenvalue weighted by atomic mass is 10.2. The summed E-state index contributed by atoms with van der Waals surface area (Å²) in [6.07, 6.45) is 1.53. The van der Waals surface area contributed by atoms with Crippen LogP contribution in [0, 0.1) is 11.3 Å². The third kappa shape index (κ3) is 2.89. The summed E-state index contributed by atoms with van der Waals surface area (Å²) in [5.41, 5.74) is 6.29. The van der Waals surface area contributed by atoms with Gasteiger partial charge in [0, 0.05) is 6.20 Å². The molecule has 102 valence electrons. The predicted octanol–water partition coefficient (Wildman–Crippen LogP) is 2.10. The quantitative estimate of drug-likeness (QED) is 0.649. The highest BCUT2D eigenvalue weighted by molar-refractivity contribution is 9.10. The Hall–Kier alpha value is -2.11. The minimum absolute atomic E-state index is 0.0107. The molecule has 3 N–H and O–H groups in total. The van der Waals surface area contributed by atoms with E-state index in [0.29, 0.717) is 15.9 Å². The molecule has 0 aliphatic heterocycles. The fourth-order valence-electron chi connectivity index (χ4n) is 1.52. The Morgan fingerprint density at radius 1 is 1.35 bits per heavy atom. The number of aromatic nitrogens is 1. The molecular weight excluding hydrogens is 344 g/mol. The summed E-state index contributed by atoms with van der Waals surface area (Å²) in [7, 11) is -3.85. The van der Waals surface area contributed by atoms with Crippen LogP contribution < -0.4 is 10.5 Å². The van der Waals surface area contributed by atoms with Gasteiger partial charge in [0.15, 0.2) is 0 Å². The fraction of sp³-hybridized carbons (Fsp3) is 0. The highest BCUT2D eigenvalue weighted by Gasteiger charge is 2.19. The highest BCUT2D eigenvalue weighted by Crippen LogP contribution is 2.25. The molecule has 0 saturated carbocycles. The van der Waals surface area contributed by atoms with E-state index in [2.05, 4.69) is 25.6 Å². The van der Waals surface area contributed by atoms with Gasteiger partial charge in [-0.1, -0.05) is 0 Å². The minimum Gasteiger partial charge on any atom is -0.398 e. The second-order valence-corrected chi connectivity index (χ2v) is 6.21. The van der Waals surface area contributed by atoms with Crippen LogP contribution >= 0.6 is 15.9 Å². The average Bonchev–Trinajstić information content (AvgIpc) is 2.40. The van der Waals surface area contributed by atoms with Crippen LogP contribution in [0.3, 0.4) is 0 Å². The van der Waals surface area contributed by atoms with E-state index in [9.17, 15) is 8.42 Å². The standard InChI is InChI=1S/C12H9BrN4O2S/c13-12-10(2-1-5-16-12)17-20(18,19)11-4-3-8(7-14)6-9(11)15/h1-6,17H,15H2. The summed E-state index contributed by atoms with van der Waals surface area (Å²) in [5, 5.41) is 8.74. The van der Waals surface area contributed by atoms with Gasteiger partial charge in [-0.2, -0.15) is 5.26 Å². The molecular formula is C12H9BrN4O2S. The minimum atomic E-state index is -3.85. The Bertz CT molecular complexity index is 799. The molecule has 1 heterocycles. The number of nitrogen functional groups attached to an aromatic ring is 1. The number of hydrogen-bond donors (Lipinski definition) is 2. The second kappa shape index (κ2) is 5.48. The molecule has 0 amide bonds. The zero-order valence-electron chi connectivity index (χ0n) is 10.0. The molecule has 0 atom stereocenters. The van der Waals surface area contributed by atoms with Crippen molar-refractivity contribution in [2.75, 3.05) is 10.5 Å². The van der Waals surface area contributed by atoms with Crippen molar-refractivity contribution < 1.29 is 8.42 Å². The molecule has 0 radical (unpaired) electrons. The number of nitriles is 1. The first-order chi connectivity index (χ1) is 9.44. The molecule has 20 heavy (non-hydrogen) atoms. The smallest absolute Gasteiger partial charge is 0.264 e. The van der Waals surface area contributed by atoms with Crippen molar-refractivity contribution in [2.24, 2.45) is 0 Å². The molecule has 2 aromatic rings. The van der Waals surface area contributed by atoms with Gasteiger partial charge in [0.25, 0.3) is 10.0 Å². The van der Waals surface area contributed by atoms with Crippen molar-refractivity contribution >= 4 is 37.3 Å². The summed E-state index contributed by atoms with van der Waals surface area (Å²) in [4.78, 5) is 3.83. The zero-order chi connectivity index (χ0) is 14.8. The number of nitrogens with two attached hydrogens (primary N) is 1. The SMILES string of the molecule is N#Cc1ccc(S(=O)(=O)Nc2cccnc2Br)c(N)c1. The van der Waals surface area contributed by atoms with Gasteiger partial charge in [-0.25, -0.2) is 13.4 Å². The lowest BCUT2D eigenvalue weighted by molar-refractivity contribution is 0.601. The van der Waals surface area contributed by atoms with Crippen LogP contribution in [-0.2, 0) is 10.0 Å². The Balaban J connectivity index is 2.42. The van der Waals surface area contributed by atoms with Crippen molar-refractivity contribution in [1.29, 1.82) is 5.26 Å². The first-order valence-corrected chi connectivity index (χ1v) is 7.64. The lowest BCUT2D eigenvalue weighted by Gasteiger charge is -2.11. The van der Waals surface area contributed by atoms with E-state index in [1.807, 2.05) is 6.07 Å². The fourth-order valence-corrected chi connectivity index (χ4v) is 3.19. The molecule has 2 rings (SSSR count). The van der Waals surface area contributed by atoms with Crippen molar-refractivity contribution in [3.63, 3.8) is 0 Å². The summed E-state index contributed by atoms with van der Waals surface area (Å²) >= 11 is 3.15. The van der Waals surface area contributed by atoms with E-state index in [1.165, 1.54) is 24.4 Å². The van der Waals surface area contributed by atoms with Crippen LogP contribution in [0.5, 0.6) is 0 Å². The Morgan fingerprint density at radius 3 is 2.70 bits per heavy atom. The first-order valence-electron chi connectivity index (χ1n) is 5.37. The van der Waals surface area contributed by atoms with Crippen LogP contribution in [0.15, 0.2) is 46.0 Å². The highest BCUT2D eigenvalue weighted by atomic mass is 79.9. The van der Waals surface area contributed by atoms with Gasteiger partial charge in [0.05, 0.1) is 23.0 Å². The Labute approximate surface area is 124 Å². The molecule has 0 spiro atoms. The normalized spacial score (nSPS) is 10.8.